The van der Waals surface area contributed by atoms with E-state index in [1.165, 1.54) is 11.8 Å². The van der Waals surface area contributed by atoms with Crippen LogP contribution in [-0.2, 0) is 7.05 Å². The Morgan fingerprint density at radius 2 is 2.00 bits per heavy atom. The van der Waals surface area contributed by atoms with Gasteiger partial charge >= 0.3 is 0 Å². The Balaban J connectivity index is 1.67. The average Bonchev–Trinajstić information content (AvgIpc) is 3.06. The molecular weight excluding hydrogens is 330 g/mol. The third kappa shape index (κ3) is 2.79. The molecular formula is C19H21N5O2. The molecule has 3 heterocycles. The van der Waals surface area contributed by atoms with Crippen molar-refractivity contribution < 1.29 is 4.92 Å². The van der Waals surface area contributed by atoms with Crippen molar-refractivity contribution in [2.24, 2.45) is 7.05 Å². The molecule has 0 bridgehead atoms. The van der Waals surface area contributed by atoms with Crippen molar-refractivity contribution in [1.82, 2.24) is 14.8 Å². The van der Waals surface area contributed by atoms with Crippen molar-refractivity contribution in [3.8, 4) is 0 Å². The normalized spacial score (nSPS) is 15.5. The number of fused-ring (bicyclic) bond motifs is 1. The molecule has 1 fully saturated rings. The highest BCUT2D eigenvalue weighted by Crippen LogP contribution is 2.35. The number of non-ortho nitro benzene ring substituents is 1. The molecule has 134 valence electrons. The summed E-state index contributed by atoms with van der Waals surface area (Å²) in [5.41, 5.74) is 3.66. The zero-order valence-corrected chi connectivity index (χ0v) is 14.9. The van der Waals surface area contributed by atoms with Gasteiger partial charge in [0.05, 0.1) is 4.92 Å². The number of nitrogens with zero attached hydrogens (tertiary/aromatic N) is 5. The number of para-hydroxylation sites is 1. The Morgan fingerprint density at radius 3 is 2.65 bits per heavy atom. The third-order valence-electron chi connectivity index (χ3n) is 5.23. The lowest BCUT2D eigenvalue weighted by atomic mass is 9.93. The second-order valence-electron chi connectivity index (χ2n) is 6.85. The Labute approximate surface area is 151 Å². The van der Waals surface area contributed by atoms with Crippen LogP contribution in [0.5, 0.6) is 0 Å². The molecule has 0 unspecified atom stereocenters. The first kappa shape index (κ1) is 16.5. The highest BCUT2D eigenvalue weighted by molar-refractivity contribution is 5.97. The number of benzene rings is 1. The number of hydrogen-bond donors (Lipinski definition) is 0. The summed E-state index contributed by atoms with van der Waals surface area (Å²) in [5.74, 6) is 0.502. The lowest BCUT2D eigenvalue weighted by Crippen LogP contribution is -2.33. The molecule has 1 aliphatic heterocycles. The summed E-state index contributed by atoms with van der Waals surface area (Å²) in [6.45, 7) is 3.72. The smallest absolute Gasteiger partial charge is 0.295 e. The van der Waals surface area contributed by atoms with Crippen LogP contribution in [0.4, 0.5) is 11.4 Å². The summed E-state index contributed by atoms with van der Waals surface area (Å²) in [6.07, 6.45) is 3.93. The van der Waals surface area contributed by atoms with Gasteiger partial charge in [0.1, 0.15) is 0 Å². The van der Waals surface area contributed by atoms with E-state index in [2.05, 4.69) is 21.0 Å². The molecule has 3 aromatic rings. The third-order valence-corrected chi connectivity index (χ3v) is 5.23. The van der Waals surface area contributed by atoms with Crippen LogP contribution < -0.4 is 4.90 Å². The van der Waals surface area contributed by atoms with Crippen molar-refractivity contribution in [3.05, 3.63) is 58.0 Å². The Morgan fingerprint density at radius 1 is 1.23 bits per heavy atom. The molecule has 0 amide bonds. The second-order valence-corrected chi connectivity index (χ2v) is 6.85. The molecule has 0 spiro atoms. The van der Waals surface area contributed by atoms with Crippen molar-refractivity contribution in [2.75, 3.05) is 18.0 Å². The monoisotopic (exact) mass is 351 g/mol. The lowest BCUT2D eigenvalue weighted by molar-refractivity contribution is -0.383. The maximum atomic E-state index is 11.4. The summed E-state index contributed by atoms with van der Waals surface area (Å²) in [6, 6.07) is 9.32. The molecule has 0 atom stereocenters. The standard InChI is InChI=1S/C19H21N5O2/c1-13-12-18(15-4-3-5-17(24(25)26)19(15)21-13)23-10-7-14(8-11-23)16-6-9-20-22(16)2/h3-6,9,12,14H,7-8,10-11H2,1-2H3. The Hall–Kier alpha value is -2.96. The molecule has 0 radical (unpaired) electrons. The fraction of sp³-hybridized carbons (Fsp3) is 0.368. The second kappa shape index (κ2) is 6.40. The maximum Gasteiger partial charge on any atom is 0.295 e. The first-order valence-electron chi connectivity index (χ1n) is 8.82. The highest BCUT2D eigenvalue weighted by atomic mass is 16.6. The number of nitro groups is 1. The maximum absolute atomic E-state index is 11.4. The van der Waals surface area contributed by atoms with Crippen molar-refractivity contribution in [2.45, 2.75) is 25.7 Å². The van der Waals surface area contributed by atoms with E-state index in [0.29, 0.717) is 11.4 Å². The van der Waals surface area contributed by atoms with Crippen LogP contribution in [-0.4, -0.2) is 32.8 Å². The van der Waals surface area contributed by atoms with E-state index in [-0.39, 0.29) is 10.6 Å². The van der Waals surface area contributed by atoms with Crippen LogP contribution in [0.25, 0.3) is 10.9 Å². The van der Waals surface area contributed by atoms with Gasteiger partial charge in [-0.25, -0.2) is 4.98 Å². The Bertz CT molecular complexity index is 973. The van der Waals surface area contributed by atoms with Gasteiger partial charge in [0.15, 0.2) is 5.52 Å². The zero-order chi connectivity index (χ0) is 18.3. The fourth-order valence-corrected chi connectivity index (χ4v) is 3.95. The molecule has 4 rings (SSSR count). The van der Waals surface area contributed by atoms with Gasteiger partial charge in [-0.3, -0.25) is 14.8 Å². The van der Waals surface area contributed by atoms with E-state index in [4.69, 9.17) is 0 Å². The minimum atomic E-state index is -0.354. The predicted molar refractivity (Wildman–Crippen MR) is 101 cm³/mol. The topological polar surface area (TPSA) is 77.1 Å². The number of aryl methyl sites for hydroxylation is 2. The van der Waals surface area contributed by atoms with Gasteiger partial charge in [0.25, 0.3) is 5.69 Å². The first-order valence-corrected chi connectivity index (χ1v) is 8.82. The number of hydrogen-bond acceptors (Lipinski definition) is 5. The number of pyridine rings is 1. The minimum absolute atomic E-state index is 0.0669. The van der Waals surface area contributed by atoms with E-state index in [1.807, 2.05) is 37.0 Å². The summed E-state index contributed by atoms with van der Waals surface area (Å²) in [5, 5.41) is 16.5. The first-order chi connectivity index (χ1) is 12.5. The van der Waals surface area contributed by atoms with Crippen LogP contribution >= 0.6 is 0 Å². The van der Waals surface area contributed by atoms with E-state index in [1.54, 1.807) is 6.07 Å². The zero-order valence-electron chi connectivity index (χ0n) is 14.9. The van der Waals surface area contributed by atoms with E-state index < -0.39 is 0 Å². The van der Waals surface area contributed by atoms with Gasteiger partial charge in [-0.15, -0.1) is 0 Å². The van der Waals surface area contributed by atoms with Gasteiger partial charge in [-0.1, -0.05) is 12.1 Å². The summed E-state index contributed by atoms with van der Waals surface area (Å²) in [7, 11) is 1.99. The van der Waals surface area contributed by atoms with E-state index in [9.17, 15) is 10.1 Å². The average molecular weight is 351 g/mol. The highest BCUT2D eigenvalue weighted by Gasteiger charge is 2.25. The number of aromatic nitrogens is 3. The van der Waals surface area contributed by atoms with Crippen LogP contribution in [0.15, 0.2) is 36.5 Å². The van der Waals surface area contributed by atoms with Crippen molar-refractivity contribution in [3.63, 3.8) is 0 Å². The molecule has 7 heteroatoms. The minimum Gasteiger partial charge on any atom is -0.371 e. The van der Waals surface area contributed by atoms with Crippen molar-refractivity contribution >= 4 is 22.3 Å². The summed E-state index contributed by atoms with van der Waals surface area (Å²) in [4.78, 5) is 17.8. The SMILES string of the molecule is Cc1cc(N2CCC(c3ccnn3C)CC2)c2cccc([N+](=O)[O-])c2n1. The van der Waals surface area contributed by atoms with E-state index in [0.717, 1.165) is 42.7 Å². The van der Waals surface area contributed by atoms with Gasteiger partial charge in [0, 0.05) is 60.8 Å². The fourth-order valence-electron chi connectivity index (χ4n) is 3.95. The van der Waals surface area contributed by atoms with Crippen LogP contribution in [0.3, 0.4) is 0 Å². The predicted octanol–water partition coefficient (Wildman–Crippen LogP) is 3.57. The van der Waals surface area contributed by atoms with Crippen molar-refractivity contribution in [1.29, 1.82) is 0 Å². The largest absolute Gasteiger partial charge is 0.371 e. The molecule has 1 saturated heterocycles. The molecule has 0 saturated carbocycles. The van der Waals surface area contributed by atoms with Crippen LogP contribution in [0.1, 0.15) is 30.1 Å². The quantitative estimate of drug-likeness (QED) is 0.532. The Kier molecular flexibility index (Phi) is 4.06. The number of rotatable bonds is 3. The van der Waals surface area contributed by atoms with Gasteiger partial charge < -0.3 is 4.90 Å². The molecule has 1 aliphatic rings. The summed E-state index contributed by atoms with van der Waals surface area (Å²) >= 11 is 0. The number of nitro benzene ring substituents is 1. The van der Waals surface area contributed by atoms with Crippen LogP contribution in [0.2, 0.25) is 0 Å². The van der Waals surface area contributed by atoms with E-state index >= 15 is 0 Å². The molecule has 0 N–H and O–H groups in total. The molecule has 0 aliphatic carbocycles. The summed E-state index contributed by atoms with van der Waals surface area (Å²) < 4.78 is 1.95. The molecule has 26 heavy (non-hydrogen) atoms. The molecule has 1 aromatic carbocycles. The van der Waals surface area contributed by atoms with Gasteiger partial charge in [-0.2, -0.15) is 5.10 Å². The lowest BCUT2D eigenvalue weighted by Gasteiger charge is -2.34. The van der Waals surface area contributed by atoms with Crippen LogP contribution in [0, 0.1) is 17.0 Å². The van der Waals surface area contributed by atoms with Gasteiger partial charge in [0.2, 0.25) is 0 Å². The van der Waals surface area contributed by atoms with Gasteiger partial charge in [-0.05, 0) is 31.9 Å². The number of piperidine rings is 1. The molecule has 7 nitrogen and oxygen atoms in total. The number of anilines is 1. The molecule has 2 aromatic heterocycles.